The minimum atomic E-state index is 1.15. The zero-order valence-electron chi connectivity index (χ0n) is 10.8. The summed E-state index contributed by atoms with van der Waals surface area (Å²) in [6.45, 7) is 7.26. The van der Waals surface area contributed by atoms with Crippen LogP contribution in [0.5, 0.6) is 0 Å². The highest BCUT2D eigenvalue weighted by Gasteiger charge is 1.89. The second-order valence-electron chi connectivity index (χ2n) is 4.32. The molecular weight excluding hydrogens is 192 g/mol. The van der Waals surface area contributed by atoms with Crippen LogP contribution in [0.3, 0.4) is 0 Å². The molecule has 0 aromatic rings. The van der Waals surface area contributed by atoms with Crippen LogP contribution in [-0.4, -0.2) is 0 Å². The standard InChI is InChI=1S/2C8H14/c1-2-4-6-8-7-5-3-1;1-3-5-7-8-6-4-2/h1-2H,3-8H2;3-4H,1-2,5-8H2. The second kappa shape index (κ2) is 14.2. The van der Waals surface area contributed by atoms with Crippen molar-refractivity contribution in [1.29, 1.82) is 0 Å². The van der Waals surface area contributed by atoms with Gasteiger partial charge >= 0.3 is 0 Å². The van der Waals surface area contributed by atoms with Gasteiger partial charge in [0.25, 0.3) is 0 Å². The van der Waals surface area contributed by atoms with Crippen LogP contribution in [0.15, 0.2) is 37.5 Å². The summed E-state index contributed by atoms with van der Waals surface area (Å²) in [7, 11) is 0. The van der Waals surface area contributed by atoms with E-state index < -0.39 is 0 Å². The van der Waals surface area contributed by atoms with Crippen LogP contribution >= 0.6 is 0 Å². The molecule has 0 radical (unpaired) electrons. The largest absolute Gasteiger partial charge is 0.103 e. The first-order valence-corrected chi connectivity index (χ1v) is 6.78. The van der Waals surface area contributed by atoms with Gasteiger partial charge in [0, 0.05) is 0 Å². The fraction of sp³-hybridized carbons (Fsp3) is 0.625. The molecule has 0 amide bonds. The van der Waals surface area contributed by atoms with Crippen molar-refractivity contribution >= 4 is 0 Å². The zero-order chi connectivity index (χ0) is 11.9. The Bertz CT molecular complexity index is 156. The van der Waals surface area contributed by atoms with Crippen LogP contribution in [0.4, 0.5) is 0 Å². The van der Waals surface area contributed by atoms with E-state index in [1.807, 2.05) is 12.2 Å². The molecule has 0 spiro atoms. The van der Waals surface area contributed by atoms with Gasteiger partial charge in [-0.15, -0.1) is 13.2 Å². The molecule has 0 saturated carbocycles. The Morgan fingerprint density at radius 1 is 0.750 bits per heavy atom. The number of hydrogen-bond donors (Lipinski definition) is 0. The Labute approximate surface area is 102 Å². The topological polar surface area (TPSA) is 0 Å². The smallest absolute Gasteiger partial charge is 0.0351 e. The third-order valence-corrected chi connectivity index (χ3v) is 2.72. The molecule has 0 atom stereocenters. The van der Waals surface area contributed by atoms with Gasteiger partial charge < -0.3 is 0 Å². The van der Waals surface area contributed by atoms with Gasteiger partial charge in [0.2, 0.25) is 0 Å². The SMILES string of the molecule is C1=CCCCCCC1.C=CCCCCC=C. The predicted molar refractivity (Wildman–Crippen MR) is 75.7 cm³/mol. The van der Waals surface area contributed by atoms with Crippen LogP contribution in [0.1, 0.15) is 64.2 Å². The van der Waals surface area contributed by atoms with Gasteiger partial charge in [0.15, 0.2) is 0 Å². The number of rotatable bonds is 5. The second-order valence-corrected chi connectivity index (χ2v) is 4.32. The lowest BCUT2D eigenvalue weighted by molar-refractivity contribution is 0.638. The van der Waals surface area contributed by atoms with Crippen LogP contribution in [0.2, 0.25) is 0 Å². The van der Waals surface area contributed by atoms with Crippen molar-refractivity contribution in [2.24, 2.45) is 0 Å². The molecule has 0 saturated heterocycles. The van der Waals surface area contributed by atoms with Crippen molar-refractivity contribution in [2.75, 3.05) is 0 Å². The first-order chi connectivity index (χ1) is 7.91. The maximum Gasteiger partial charge on any atom is -0.0351 e. The lowest BCUT2D eigenvalue weighted by Gasteiger charge is -2.00. The highest BCUT2D eigenvalue weighted by molar-refractivity contribution is 4.82. The van der Waals surface area contributed by atoms with Gasteiger partial charge in [-0.3, -0.25) is 0 Å². The van der Waals surface area contributed by atoms with Crippen molar-refractivity contribution in [1.82, 2.24) is 0 Å². The molecular formula is C16H28. The van der Waals surface area contributed by atoms with Gasteiger partial charge in [-0.05, 0) is 51.4 Å². The van der Waals surface area contributed by atoms with E-state index >= 15 is 0 Å². The Kier molecular flexibility index (Phi) is 13.5. The number of allylic oxidation sites excluding steroid dienone is 4. The van der Waals surface area contributed by atoms with E-state index in [4.69, 9.17) is 0 Å². The van der Waals surface area contributed by atoms with E-state index in [0.29, 0.717) is 0 Å². The summed E-state index contributed by atoms with van der Waals surface area (Å²) < 4.78 is 0. The van der Waals surface area contributed by atoms with Crippen molar-refractivity contribution < 1.29 is 0 Å². The first-order valence-electron chi connectivity index (χ1n) is 6.78. The predicted octanol–water partition coefficient (Wildman–Crippen LogP) is 5.82. The minimum absolute atomic E-state index is 1.15. The molecule has 0 aromatic carbocycles. The van der Waals surface area contributed by atoms with Crippen molar-refractivity contribution in [3.63, 3.8) is 0 Å². The third-order valence-electron chi connectivity index (χ3n) is 2.72. The van der Waals surface area contributed by atoms with E-state index in [9.17, 15) is 0 Å². The zero-order valence-corrected chi connectivity index (χ0v) is 10.8. The minimum Gasteiger partial charge on any atom is -0.103 e. The highest BCUT2D eigenvalue weighted by Crippen LogP contribution is 2.09. The van der Waals surface area contributed by atoms with Crippen LogP contribution < -0.4 is 0 Å². The molecule has 0 aromatic heterocycles. The summed E-state index contributed by atoms with van der Waals surface area (Å²) in [4.78, 5) is 0. The molecule has 0 nitrogen and oxygen atoms in total. The fourth-order valence-electron chi connectivity index (χ4n) is 1.69. The molecule has 0 heterocycles. The Hall–Kier alpha value is -0.780. The number of hydrogen-bond acceptors (Lipinski definition) is 0. The maximum atomic E-state index is 3.63. The third kappa shape index (κ3) is 13.2. The van der Waals surface area contributed by atoms with Crippen molar-refractivity contribution in [3.8, 4) is 0 Å². The Balaban J connectivity index is 0.000000281. The quantitative estimate of drug-likeness (QED) is 0.405. The number of unbranched alkanes of at least 4 members (excludes halogenated alkanes) is 3. The maximum absolute atomic E-state index is 3.63. The summed E-state index contributed by atoms with van der Waals surface area (Å²) in [6.07, 6.45) is 21.7. The summed E-state index contributed by atoms with van der Waals surface area (Å²) in [5, 5.41) is 0. The Morgan fingerprint density at radius 2 is 1.19 bits per heavy atom. The molecule has 0 unspecified atom stereocenters. The molecule has 1 aliphatic carbocycles. The first kappa shape index (κ1) is 15.2. The van der Waals surface area contributed by atoms with E-state index in [-0.39, 0.29) is 0 Å². The molecule has 0 fully saturated rings. The molecule has 0 aliphatic heterocycles. The normalized spacial score (nSPS) is 15.2. The average Bonchev–Trinajstić information content (AvgIpc) is 2.24. The summed E-state index contributed by atoms with van der Waals surface area (Å²) in [5.41, 5.74) is 0. The molecule has 92 valence electrons. The van der Waals surface area contributed by atoms with E-state index in [1.165, 1.54) is 51.4 Å². The molecule has 1 aliphatic rings. The van der Waals surface area contributed by atoms with Gasteiger partial charge in [-0.1, -0.05) is 37.1 Å². The fourth-order valence-corrected chi connectivity index (χ4v) is 1.69. The van der Waals surface area contributed by atoms with Gasteiger partial charge in [-0.25, -0.2) is 0 Å². The van der Waals surface area contributed by atoms with Crippen LogP contribution in [0.25, 0.3) is 0 Å². The Morgan fingerprint density at radius 3 is 1.56 bits per heavy atom. The van der Waals surface area contributed by atoms with Gasteiger partial charge in [-0.2, -0.15) is 0 Å². The lowest BCUT2D eigenvalue weighted by Crippen LogP contribution is -1.80. The van der Waals surface area contributed by atoms with E-state index in [1.54, 1.807) is 0 Å². The molecule has 16 heavy (non-hydrogen) atoms. The molecule has 0 N–H and O–H groups in total. The molecule has 0 bridgehead atoms. The monoisotopic (exact) mass is 220 g/mol. The average molecular weight is 220 g/mol. The molecule has 1 rings (SSSR count). The summed E-state index contributed by atoms with van der Waals surface area (Å²) >= 11 is 0. The van der Waals surface area contributed by atoms with Crippen molar-refractivity contribution in [2.45, 2.75) is 64.2 Å². The van der Waals surface area contributed by atoms with E-state index in [2.05, 4.69) is 25.3 Å². The van der Waals surface area contributed by atoms with Crippen LogP contribution in [-0.2, 0) is 0 Å². The van der Waals surface area contributed by atoms with Gasteiger partial charge in [0.1, 0.15) is 0 Å². The lowest BCUT2D eigenvalue weighted by atomic mass is 10.1. The van der Waals surface area contributed by atoms with E-state index in [0.717, 1.165) is 12.8 Å². The summed E-state index contributed by atoms with van der Waals surface area (Å²) in [6, 6.07) is 0. The highest BCUT2D eigenvalue weighted by atomic mass is 14.0. The van der Waals surface area contributed by atoms with Crippen LogP contribution in [0, 0.1) is 0 Å². The van der Waals surface area contributed by atoms with Crippen molar-refractivity contribution in [3.05, 3.63) is 37.5 Å². The molecule has 0 heteroatoms. The summed E-state index contributed by atoms with van der Waals surface area (Å²) in [5.74, 6) is 0. The van der Waals surface area contributed by atoms with Gasteiger partial charge in [0.05, 0.1) is 0 Å².